The zero-order valence-electron chi connectivity index (χ0n) is 6.77. The predicted octanol–water partition coefficient (Wildman–Crippen LogP) is 1.78. The second-order valence-corrected chi connectivity index (χ2v) is 4.05. The third kappa shape index (κ3) is 1.07. The monoisotopic (exact) mass is 139 g/mol. The summed E-state index contributed by atoms with van der Waals surface area (Å²) < 4.78 is 0. The van der Waals surface area contributed by atoms with Gasteiger partial charge < -0.3 is 5.32 Å². The average Bonchev–Trinajstić information content (AvgIpc) is 2.10. The maximum atomic E-state index is 3.61. The Labute approximate surface area is 63.2 Å². The zero-order chi connectivity index (χ0) is 6.97. The van der Waals surface area contributed by atoms with Crippen molar-refractivity contribution in [3.05, 3.63) is 0 Å². The van der Waals surface area contributed by atoms with E-state index in [0.29, 0.717) is 0 Å². The molecule has 0 amide bonds. The Morgan fingerprint density at radius 3 is 2.50 bits per heavy atom. The number of hydrogen-bond acceptors (Lipinski definition) is 1. The second-order valence-electron chi connectivity index (χ2n) is 4.05. The third-order valence-corrected chi connectivity index (χ3v) is 3.10. The lowest BCUT2D eigenvalue weighted by Gasteiger charge is -2.31. The Bertz CT molecular complexity index is 118. The Balaban J connectivity index is 1.82. The van der Waals surface area contributed by atoms with Crippen molar-refractivity contribution in [1.82, 2.24) is 5.32 Å². The summed E-state index contributed by atoms with van der Waals surface area (Å²) in [5.74, 6) is 1.98. The molecule has 2 fully saturated rings. The molecule has 2 atom stereocenters. The fourth-order valence-corrected chi connectivity index (χ4v) is 2.15. The highest BCUT2D eigenvalue weighted by atomic mass is 15.0. The first-order chi connectivity index (χ1) is 4.86. The van der Waals surface area contributed by atoms with Crippen LogP contribution in [0.3, 0.4) is 0 Å². The van der Waals surface area contributed by atoms with E-state index in [1.807, 2.05) is 0 Å². The minimum absolute atomic E-state index is 0.892. The fraction of sp³-hybridized carbons (Fsp3) is 1.00. The molecule has 0 aromatic heterocycles. The van der Waals surface area contributed by atoms with Crippen molar-refractivity contribution in [2.75, 3.05) is 6.54 Å². The smallest absolute Gasteiger partial charge is 0.00984 e. The molecule has 10 heavy (non-hydrogen) atoms. The molecular weight excluding hydrogens is 122 g/mol. The average molecular weight is 139 g/mol. The van der Waals surface area contributed by atoms with E-state index in [4.69, 9.17) is 0 Å². The highest BCUT2D eigenvalue weighted by Gasteiger charge is 2.31. The van der Waals surface area contributed by atoms with Gasteiger partial charge in [-0.15, -0.1) is 0 Å². The van der Waals surface area contributed by atoms with Gasteiger partial charge in [-0.05, 0) is 37.6 Å². The normalized spacial score (nSPS) is 41.7. The maximum Gasteiger partial charge on any atom is 0.00984 e. The topological polar surface area (TPSA) is 12.0 Å². The van der Waals surface area contributed by atoms with E-state index in [-0.39, 0.29) is 0 Å². The molecule has 0 aromatic rings. The highest BCUT2D eigenvalue weighted by molar-refractivity contribution is 4.88. The Kier molecular flexibility index (Phi) is 1.69. The summed E-state index contributed by atoms with van der Waals surface area (Å²) in [6.07, 6.45) is 5.90. The molecule has 0 spiro atoms. The Morgan fingerprint density at radius 2 is 2.10 bits per heavy atom. The van der Waals surface area contributed by atoms with E-state index in [9.17, 15) is 0 Å². The molecule has 1 saturated carbocycles. The summed E-state index contributed by atoms with van der Waals surface area (Å²) in [6.45, 7) is 3.62. The molecular formula is C9H17N. The lowest BCUT2D eigenvalue weighted by Crippen LogP contribution is -2.34. The van der Waals surface area contributed by atoms with Crippen LogP contribution in [0.1, 0.15) is 32.6 Å². The zero-order valence-corrected chi connectivity index (χ0v) is 6.77. The van der Waals surface area contributed by atoms with Crippen LogP contribution in [-0.4, -0.2) is 12.6 Å². The summed E-state index contributed by atoms with van der Waals surface area (Å²) in [4.78, 5) is 0. The first kappa shape index (κ1) is 6.66. The van der Waals surface area contributed by atoms with E-state index in [1.54, 1.807) is 0 Å². The Morgan fingerprint density at radius 1 is 1.30 bits per heavy atom. The van der Waals surface area contributed by atoms with Gasteiger partial charge in [-0.25, -0.2) is 0 Å². The summed E-state index contributed by atoms with van der Waals surface area (Å²) in [7, 11) is 0. The number of rotatable bonds is 1. The molecule has 2 rings (SSSR count). The molecule has 1 heterocycles. The van der Waals surface area contributed by atoms with E-state index in [1.165, 1.54) is 32.2 Å². The van der Waals surface area contributed by atoms with Crippen LogP contribution in [-0.2, 0) is 0 Å². The van der Waals surface area contributed by atoms with Crippen LogP contribution >= 0.6 is 0 Å². The van der Waals surface area contributed by atoms with Crippen LogP contribution in [0.4, 0.5) is 0 Å². The largest absolute Gasteiger partial charge is 0.313 e. The number of hydrogen-bond donors (Lipinski definition) is 1. The quantitative estimate of drug-likeness (QED) is 0.584. The molecule has 2 aliphatic rings. The van der Waals surface area contributed by atoms with Crippen LogP contribution in [0.2, 0.25) is 0 Å². The molecule has 1 heteroatoms. The summed E-state index contributed by atoms with van der Waals surface area (Å²) in [6, 6.07) is 0.892. The minimum Gasteiger partial charge on any atom is -0.313 e. The molecule has 0 bridgehead atoms. The van der Waals surface area contributed by atoms with Gasteiger partial charge in [0.15, 0.2) is 0 Å². The van der Waals surface area contributed by atoms with Gasteiger partial charge in [0.1, 0.15) is 0 Å². The van der Waals surface area contributed by atoms with Crippen molar-refractivity contribution in [3.63, 3.8) is 0 Å². The Hall–Kier alpha value is -0.0400. The van der Waals surface area contributed by atoms with Crippen molar-refractivity contribution in [1.29, 1.82) is 0 Å². The maximum absolute atomic E-state index is 3.61. The van der Waals surface area contributed by atoms with Crippen LogP contribution < -0.4 is 5.32 Å². The van der Waals surface area contributed by atoms with Crippen LogP contribution in [0.5, 0.6) is 0 Å². The molecule has 58 valence electrons. The first-order valence-corrected chi connectivity index (χ1v) is 4.59. The molecule has 1 nitrogen and oxygen atoms in total. The van der Waals surface area contributed by atoms with E-state index < -0.39 is 0 Å². The van der Waals surface area contributed by atoms with E-state index in [0.717, 1.165) is 17.9 Å². The molecule has 1 aliphatic heterocycles. The SMILES string of the molecule is CC1CNC(C2CCC2)C1. The van der Waals surface area contributed by atoms with E-state index >= 15 is 0 Å². The summed E-state index contributed by atoms with van der Waals surface area (Å²) in [5, 5.41) is 3.61. The van der Waals surface area contributed by atoms with Gasteiger partial charge >= 0.3 is 0 Å². The van der Waals surface area contributed by atoms with Gasteiger partial charge in [0.05, 0.1) is 0 Å². The molecule has 1 saturated heterocycles. The summed E-state index contributed by atoms with van der Waals surface area (Å²) >= 11 is 0. The van der Waals surface area contributed by atoms with Crippen LogP contribution in [0, 0.1) is 11.8 Å². The minimum atomic E-state index is 0.892. The second kappa shape index (κ2) is 2.54. The molecule has 0 aromatic carbocycles. The van der Waals surface area contributed by atoms with Crippen molar-refractivity contribution in [2.45, 2.75) is 38.6 Å². The highest BCUT2D eigenvalue weighted by Crippen LogP contribution is 2.34. The predicted molar refractivity (Wildman–Crippen MR) is 42.9 cm³/mol. The van der Waals surface area contributed by atoms with Crippen molar-refractivity contribution >= 4 is 0 Å². The van der Waals surface area contributed by atoms with Gasteiger partial charge in [-0.1, -0.05) is 13.3 Å². The molecule has 0 radical (unpaired) electrons. The fourth-order valence-electron chi connectivity index (χ4n) is 2.15. The lowest BCUT2D eigenvalue weighted by atomic mass is 9.78. The van der Waals surface area contributed by atoms with Crippen molar-refractivity contribution in [2.24, 2.45) is 11.8 Å². The third-order valence-electron chi connectivity index (χ3n) is 3.10. The van der Waals surface area contributed by atoms with Crippen LogP contribution in [0.25, 0.3) is 0 Å². The van der Waals surface area contributed by atoms with Gasteiger partial charge in [-0.3, -0.25) is 0 Å². The summed E-state index contributed by atoms with van der Waals surface area (Å²) in [5.41, 5.74) is 0. The number of nitrogens with one attached hydrogen (secondary N) is 1. The standard InChI is InChI=1S/C9H17N/c1-7-5-9(10-6-7)8-3-2-4-8/h7-10H,2-6H2,1H3. The van der Waals surface area contributed by atoms with Gasteiger partial charge in [-0.2, -0.15) is 0 Å². The van der Waals surface area contributed by atoms with Gasteiger partial charge in [0, 0.05) is 6.04 Å². The molecule has 2 unspecified atom stereocenters. The first-order valence-electron chi connectivity index (χ1n) is 4.59. The van der Waals surface area contributed by atoms with E-state index in [2.05, 4.69) is 12.2 Å². The molecule has 1 aliphatic carbocycles. The lowest BCUT2D eigenvalue weighted by molar-refractivity contribution is 0.243. The van der Waals surface area contributed by atoms with Crippen LogP contribution in [0.15, 0.2) is 0 Å². The van der Waals surface area contributed by atoms with Gasteiger partial charge in [0.2, 0.25) is 0 Å². The van der Waals surface area contributed by atoms with Crippen molar-refractivity contribution in [3.8, 4) is 0 Å². The van der Waals surface area contributed by atoms with Crippen molar-refractivity contribution < 1.29 is 0 Å². The molecule has 1 N–H and O–H groups in total. The van der Waals surface area contributed by atoms with Gasteiger partial charge in [0.25, 0.3) is 0 Å².